The second kappa shape index (κ2) is 7.18. The molecular weight excluding hydrogens is 290 g/mol. The Morgan fingerprint density at radius 2 is 1.78 bits per heavy atom. The van der Waals surface area contributed by atoms with E-state index in [4.69, 9.17) is 9.47 Å². The molecule has 4 nitrogen and oxygen atoms in total. The third-order valence-corrected chi connectivity index (χ3v) is 4.16. The maximum absolute atomic E-state index is 11.8. The average molecular weight is 311 g/mol. The minimum absolute atomic E-state index is 0.172. The molecule has 2 aromatic carbocycles. The van der Waals surface area contributed by atoms with Crippen LogP contribution in [0.15, 0.2) is 48.5 Å². The van der Waals surface area contributed by atoms with Gasteiger partial charge in [0.15, 0.2) is 11.5 Å². The lowest BCUT2D eigenvalue weighted by molar-refractivity contribution is -0.127. The van der Waals surface area contributed by atoms with E-state index in [1.54, 1.807) is 7.11 Å². The number of ether oxygens (including phenoxy) is 2. The molecule has 1 saturated carbocycles. The van der Waals surface area contributed by atoms with E-state index < -0.39 is 0 Å². The first kappa shape index (κ1) is 15.4. The Bertz CT molecular complexity index is 663. The Balaban J connectivity index is 1.57. The predicted molar refractivity (Wildman–Crippen MR) is 88.7 cm³/mol. The first-order valence-corrected chi connectivity index (χ1v) is 7.94. The molecule has 0 heterocycles. The molecule has 23 heavy (non-hydrogen) atoms. The van der Waals surface area contributed by atoms with E-state index in [2.05, 4.69) is 5.32 Å². The number of amides is 1. The molecule has 0 spiro atoms. The number of hydrogen-bond donors (Lipinski definition) is 1. The molecule has 3 rings (SSSR count). The third kappa shape index (κ3) is 3.83. The largest absolute Gasteiger partial charge is 0.493 e. The van der Waals surface area contributed by atoms with Crippen LogP contribution in [-0.4, -0.2) is 13.0 Å². The van der Waals surface area contributed by atoms with Gasteiger partial charge in [-0.25, -0.2) is 0 Å². The summed E-state index contributed by atoms with van der Waals surface area (Å²) in [6, 6.07) is 15.3. The fourth-order valence-electron chi connectivity index (χ4n) is 2.51. The van der Waals surface area contributed by atoms with Gasteiger partial charge < -0.3 is 14.8 Å². The van der Waals surface area contributed by atoms with Crippen molar-refractivity contribution in [2.75, 3.05) is 7.11 Å². The normalized spacial score (nSPS) is 14.0. The summed E-state index contributed by atoms with van der Waals surface area (Å²) in [4.78, 5) is 11.8. The molecule has 0 unspecified atom stereocenters. The maximum Gasteiger partial charge on any atom is 0.223 e. The zero-order valence-electron chi connectivity index (χ0n) is 13.2. The Morgan fingerprint density at radius 1 is 1.09 bits per heavy atom. The third-order valence-electron chi connectivity index (χ3n) is 4.16. The number of carbonyl (C=O) groups excluding carboxylic acids is 1. The van der Waals surface area contributed by atoms with Crippen LogP contribution in [0.3, 0.4) is 0 Å². The summed E-state index contributed by atoms with van der Waals surface area (Å²) < 4.78 is 11.1. The quantitative estimate of drug-likeness (QED) is 0.880. The van der Waals surface area contributed by atoms with Gasteiger partial charge in [0.05, 0.1) is 7.11 Å². The summed E-state index contributed by atoms with van der Waals surface area (Å²) in [5.41, 5.74) is 1.06. The van der Waals surface area contributed by atoms with Crippen molar-refractivity contribution in [2.24, 2.45) is 5.92 Å². The van der Waals surface area contributed by atoms with Gasteiger partial charge >= 0.3 is 0 Å². The van der Waals surface area contributed by atoms with Gasteiger partial charge in [-0.3, -0.25) is 4.79 Å². The average Bonchev–Trinajstić information content (AvgIpc) is 2.53. The highest BCUT2D eigenvalue weighted by atomic mass is 16.5. The molecule has 1 fully saturated rings. The van der Waals surface area contributed by atoms with Gasteiger partial charge in [0.1, 0.15) is 5.75 Å². The molecule has 1 amide bonds. The van der Waals surface area contributed by atoms with Crippen LogP contribution in [0.5, 0.6) is 17.2 Å². The monoisotopic (exact) mass is 311 g/mol. The van der Waals surface area contributed by atoms with Gasteiger partial charge in [0, 0.05) is 12.5 Å². The van der Waals surface area contributed by atoms with Crippen molar-refractivity contribution >= 4 is 5.91 Å². The van der Waals surface area contributed by atoms with E-state index in [1.807, 2.05) is 48.5 Å². The standard InChI is InChI=1S/C19H21NO3/c1-22-17-7-2-3-8-18(17)23-16-11-9-14(10-12-16)13-20-19(21)15-5-4-6-15/h2-3,7-12,15H,4-6,13H2,1H3,(H,20,21). The number of para-hydroxylation sites is 2. The first-order chi connectivity index (χ1) is 11.3. The van der Waals surface area contributed by atoms with E-state index in [9.17, 15) is 4.79 Å². The van der Waals surface area contributed by atoms with Gasteiger partial charge in [-0.1, -0.05) is 30.7 Å². The lowest BCUT2D eigenvalue weighted by atomic mass is 9.85. The first-order valence-electron chi connectivity index (χ1n) is 7.94. The summed E-state index contributed by atoms with van der Waals surface area (Å²) in [6.45, 7) is 0.560. The fourth-order valence-corrected chi connectivity index (χ4v) is 2.51. The molecular formula is C19H21NO3. The predicted octanol–water partition coefficient (Wildman–Crippen LogP) is 3.90. The van der Waals surface area contributed by atoms with Gasteiger partial charge in [-0.2, -0.15) is 0 Å². The van der Waals surface area contributed by atoms with Gasteiger partial charge in [0.2, 0.25) is 5.91 Å². The summed E-state index contributed by atoms with van der Waals surface area (Å²) in [5.74, 6) is 2.52. The van der Waals surface area contributed by atoms with Crippen molar-refractivity contribution in [3.05, 3.63) is 54.1 Å². The molecule has 2 aromatic rings. The molecule has 0 aromatic heterocycles. The fraction of sp³-hybridized carbons (Fsp3) is 0.316. The van der Waals surface area contributed by atoms with Crippen LogP contribution in [0.25, 0.3) is 0 Å². The zero-order chi connectivity index (χ0) is 16.1. The number of benzene rings is 2. The molecule has 0 atom stereocenters. The second-order valence-electron chi connectivity index (χ2n) is 5.74. The zero-order valence-corrected chi connectivity index (χ0v) is 13.2. The molecule has 1 aliphatic carbocycles. The molecule has 4 heteroatoms. The smallest absolute Gasteiger partial charge is 0.223 e. The Hall–Kier alpha value is -2.49. The van der Waals surface area contributed by atoms with Crippen molar-refractivity contribution in [1.29, 1.82) is 0 Å². The topological polar surface area (TPSA) is 47.6 Å². The lowest BCUT2D eigenvalue weighted by Crippen LogP contribution is -2.33. The summed E-state index contributed by atoms with van der Waals surface area (Å²) in [5, 5.41) is 2.99. The number of nitrogens with one attached hydrogen (secondary N) is 1. The van der Waals surface area contributed by atoms with Gasteiger partial charge in [-0.15, -0.1) is 0 Å². The molecule has 0 aliphatic heterocycles. The van der Waals surface area contributed by atoms with Gasteiger partial charge in [-0.05, 0) is 42.7 Å². The summed E-state index contributed by atoms with van der Waals surface area (Å²) in [7, 11) is 1.62. The number of rotatable bonds is 6. The highest BCUT2D eigenvalue weighted by Gasteiger charge is 2.24. The van der Waals surface area contributed by atoms with E-state index in [-0.39, 0.29) is 11.8 Å². The second-order valence-corrected chi connectivity index (χ2v) is 5.74. The Kier molecular flexibility index (Phi) is 4.81. The van der Waals surface area contributed by atoms with Crippen LogP contribution < -0.4 is 14.8 Å². The van der Waals surface area contributed by atoms with E-state index in [0.29, 0.717) is 18.0 Å². The van der Waals surface area contributed by atoms with Crippen molar-refractivity contribution in [3.63, 3.8) is 0 Å². The molecule has 0 radical (unpaired) electrons. The van der Waals surface area contributed by atoms with Crippen LogP contribution in [0.4, 0.5) is 0 Å². The molecule has 0 bridgehead atoms. The Morgan fingerprint density at radius 3 is 2.39 bits per heavy atom. The highest BCUT2D eigenvalue weighted by molar-refractivity contribution is 5.79. The van der Waals surface area contributed by atoms with Crippen LogP contribution in [0, 0.1) is 5.92 Å². The summed E-state index contributed by atoms with van der Waals surface area (Å²) in [6.07, 6.45) is 3.22. The van der Waals surface area contributed by atoms with Crippen molar-refractivity contribution in [3.8, 4) is 17.2 Å². The maximum atomic E-state index is 11.8. The molecule has 120 valence electrons. The number of methoxy groups -OCH3 is 1. The van der Waals surface area contributed by atoms with Crippen molar-refractivity contribution < 1.29 is 14.3 Å². The van der Waals surface area contributed by atoms with Crippen LogP contribution in [0.1, 0.15) is 24.8 Å². The van der Waals surface area contributed by atoms with Crippen molar-refractivity contribution in [2.45, 2.75) is 25.8 Å². The minimum Gasteiger partial charge on any atom is -0.493 e. The molecule has 0 saturated heterocycles. The van der Waals surface area contributed by atoms with E-state index in [0.717, 1.165) is 24.2 Å². The van der Waals surface area contributed by atoms with Crippen molar-refractivity contribution in [1.82, 2.24) is 5.32 Å². The Labute approximate surface area is 136 Å². The van der Waals surface area contributed by atoms with Gasteiger partial charge in [0.25, 0.3) is 0 Å². The van der Waals surface area contributed by atoms with Crippen LogP contribution >= 0.6 is 0 Å². The van der Waals surface area contributed by atoms with E-state index in [1.165, 1.54) is 6.42 Å². The number of carbonyl (C=O) groups is 1. The van der Waals surface area contributed by atoms with Crippen LogP contribution in [-0.2, 0) is 11.3 Å². The van der Waals surface area contributed by atoms with E-state index >= 15 is 0 Å². The minimum atomic E-state index is 0.172. The lowest BCUT2D eigenvalue weighted by Gasteiger charge is -2.24. The number of hydrogen-bond acceptors (Lipinski definition) is 3. The SMILES string of the molecule is COc1ccccc1Oc1ccc(CNC(=O)C2CCC2)cc1. The highest BCUT2D eigenvalue weighted by Crippen LogP contribution is 2.31. The summed E-state index contributed by atoms with van der Waals surface area (Å²) >= 11 is 0. The molecule has 1 N–H and O–H groups in total. The van der Waals surface area contributed by atoms with Crippen LogP contribution in [0.2, 0.25) is 0 Å². The molecule has 1 aliphatic rings.